The lowest BCUT2D eigenvalue weighted by molar-refractivity contribution is -0.137. The number of carboxylic acids is 1. The van der Waals surface area contributed by atoms with Crippen LogP contribution >= 0.6 is 15.9 Å². The average molecular weight is 487 g/mol. The number of rotatable bonds is 10. The number of unbranched alkanes of at least 4 members (excludes halogenated alkanes) is 1. The number of hydrogen-bond acceptors (Lipinski definition) is 4. The number of halogens is 2. The van der Waals surface area contributed by atoms with Crippen LogP contribution in [0.25, 0.3) is 0 Å². The highest BCUT2D eigenvalue weighted by Gasteiger charge is 2.26. The summed E-state index contributed by atoms with van der Waals surface area (Å²) in [5, 5.41) is 12.1. The van der Waals surface area contributed by atoms with Gasteiger partial charge in [0.15, 0.2) is 0 Å². The smallest absolute Gasteiger partial charge is 0.303 e. The van der Waals surface area contributed by atoms with Crippen molar-refractivity contribution in [2.45, 2.75) is 37.1 Å². The van der Waals surface area contributed by atoms with Crippen LogP contribution < -0.4 is 10.0 Å². The Labute approximate surface area is 178 Å². The molecule has 0 heterocycles. The minimum Gasteiger partial charge on any atom is -0.481 e. The maximum Gasteiger partial charge on any atom is 0.303 e. The first-order valence-electron chi connectivity index (χ1n) is 9.10. The van der Waals surface area contributed by atoms with Gasteiger partial charge in [0.1, 0.15) is 5.82 Å². The molecule has 0 bridgehead atoms. The molecule has 0 aliphatic rings. The Morgan fingerprint density at radius 3 is 2.52 bits per heavy atom. The van der Waals surface area contributed by atoms with E-state index in [4.69, 9.17) is 5.11 Å². The van der Waals surface area contributed by atoms with Gasteiger partial charge in [0.2, 0.25) is 10.0 Å². The summed E-state index contributed by atoms with van der Waals surface area (Å²) in [4.78, 5) is 10.7. The van der Waals surface area contributed by atoms with E-state index in [1.807, 2.05) is 31.2 Å². The van der Waals surface area contributed by atoms with Crippen LogP contribution in [-0.4, -0.2) is 33.1 Å². The Bertz CT molecular complexity index is 982. The van der Waals surface area contributed by atoms with Crippen molar-refractivity contribution >= 4 is 31.9 Å². The molecular formula is C20H24BrFN2O4S. The summed E-state index contributed by atoms with van der Waals surface area (Å²) in [5.41, 5.74) is 2.03. The predicted octanol–water partition coefficient (Wildman–Crippen LogP) is 3.74. The number of benzene rings is 2. The highest BCUT2D eigenvalue weighted by Crippen LogP contribution is 2.33. The zero-order valence-corrected chi connectivity index (χ0v) is 18.6. The molecule has 2 rings (SSSR count). The van der Waals surface area contributed by atoms with Crippen molar-refractivity contribution in [3.63, 3.8) is 0 Å². The molecule has 158 valence electrons. The average Bonchev–Trinajstić information content (AvgIpc) is 2.67. The first-order valence-corrected chi connectivity index (χ1v) is 11.4. The van der Waals surface area contributed by atoms with Crippen molar-refractivity contribution in [2.75, 3.05) is 13.6 Å². The second-order valence-corrected chi connectivity index (χ2v) is 9.32. The molecule has 2 aromatic carbocycles. The maximum atomic E-state index is 14.4. The van der Waals surface area contributed by atoms with E-state index in [-0.39, 0.29) is 21.4 Å². The van der Waals surface area contributed by atoms with Gasteiger partial charge >= 0.3 is 5.97 Å². The van der Waals surface area contributed by atoms with Gasteiger partial charge < -0.3 is 10.4 Å². The fourth-order valence-corrected chi connectivity index (χ4v) is 4.53. The van der Waals surface area contributed by atoms with Gasteiger partial charge in [0, 0.05) is 6.42 Å². The fraction of sp³-hybridized carbons (Fsp3) is 0.350. The maximum absolute atomic E-state index is 14.4. The predicted molar refractivity (Wildman–Crippen MR) is 113 cm³/mol. The van der Waals surface area contributed by atoms with Gasteiger partial charge in [-0.2, -0.15) is 0 Å². The van der Waals surface area contributed by atoms with Gasteiger partial charge in [-0.1, -0.05) is 24.3 Å². The van der Waals surface area contributed by atoms with Crippen molar-refractivity contribution in [3.05, 3.63) is 63.4 Å². The van der Waals surface area contributed by atoms with E-state index < -0.39 is 27.9 Å². The van der Waals surface area contributed by atoms with Crippen LogP contribution in [0.3, 0.4) is 0 Å². The number of carboxylic acid groups (broad SMARTS) is 1. The SMILES string of the molecule is CNS(=O)(=O)c1cc(Br)c(F)cc1C(NCCCCC(=O)O)c1ccccc1C. The first-order chi connectivity index (χ1) is 13.7. The molecule has 0 aromatic heterocycles. The van der Waals surface area contributed by atoms with Crippen LogP contribution in [0.1, 0.15) is 42.0 Å². The van der Waals surface area contributed by atoms with E-state index in [9.17, 15) is 17.6 Å². The largest absolute Gasteiger partial charge is 0.481 e. The lowest BCUT2D eigenvalue weighted by atomic mass is 9.94. The lowest BCUT2D eigenvalue weighted by Crippen LogP contribution is -2.28. The number of hydrogen-bond donors (Lipinski definition) is 3. The molecule has 6 nitrogen and oxygen atoms in total. The summed E-state index contributed by atoms with van der Waals surface area (Å²) in [6, 6.07) is 9.36. The topological polar surface area (TPSA) is 95.5 Å². The summed E-state index contributed by atoms with van der Waals surface area (Å²) in [5.74, 6) is -1.43. The van der Waals surface area contributed by atoms with Crippen LogP contribution in [0.15, 0.2) is 45.8 Å². The number of carbonyl (C=O) groups is 1. The summed E-state index contributed by atoms with van der Waals surface area (Å²) < 4.78 is 42.0. The zero-order chi connectivity index (χ0) is 21.6. The van der Waals surface area contributed by atoms with Gasteiger partial charge in [0.25, 0.3) is 0 Å². The van der Waals surface area contributed by atoms with Gasteiger partial charge in [-0.05, 0) is 78.1 Å². The van der Waals surface area contributed by atoms with Crippen molar-refractivity contribution in [3.8, 4) is 0 Å². The van der Waals surface area contributed by atoms with Gasteiger partial charge in [-0.3, -0.25) is 4.79 Å². The standard InChI is InChI=1S/C20H24BrFN2O4S/c1-13-7-3-4-8-14(13)20(24-10-6-5-9-19(25)26)15-11-17(22)16(21)12-18(15)29(27,28)23-2/h3-4,7-8,11-12,20,23-24H,5-6,9-10H2,1-2H3,(H,25,26). The molecular weight excluding hydrogens is 463 g/mol. The summed E-state index contributed by atoms with van der Waals surface area (Å²) in [6.45, 7) is 2.35. The molecule has 0 spiro atoms. The third-order valence-corrected chi connectivity index (χ3v) is 6.67. The van der Waals surface area contributed by atoms with Crippen molar-refractivity contribution in [2.24, 2.45) is 0 Å². The van der Waals surface area contributed by atoms with E-state index in [0.717, 1.165) is 11.1 Å². The molecule has 29 heavy (non-hydrogen) atoms. The van der Waals surface area contributed by atoms with Gasteiger partial charge in [-0.15, -0.1) is 0 Å². The molecule has 0 fully saturated rings. The molecule has 1 atom stereocenters. The molecule has 0 saturated carbocycles. The molecule has 0 aliphatic heterocycles. The molecule has 0 radical (unpaired) electrons. The molecule has 9 heteroatoms. The highest BCUT2D eigenvalue weighted by molar-refractivity contribution is 9.10. The van der Waals surface area contributed by atoms with Crippen molar-refractivity contribution in [1.82, 2.24) is 10.0 Å². The number of aliphatic carboxylic acids is 1. The van der Waals surface area contributed by atoms with E-state index in [2.05, 4.69) is 26.0 Å². The summed E-state index contributed by atoms with van der Waals surface area (Å²) >= 11 is 3.07. The van der Waals surface area contributed by atoms with Crippen LogP contribution in [0.5, 0.6) is 0 Å². The second kappa shape index (κ2) is 10.3. The summed E-state index contributed by atoms with van der Waals surface area (Å²) in [6.07, 6.45) is 1.13. The van der Waals surface area contributed by atoms with Crippen molar-refractivity contribution in [1.29, 1.82) is 0 Å². The fourth-order valence-electron chi connectivity index (χ4n) is 3.06. The number of nitrogens with one attached hydrogen (secondary N) is 2. The Morgan fingerprint density at radius 2 is 1.90 bits per heavy atom. The highest BCUT2D eigenvalue weighted by atomic mass is 79.9. The zero-order valence-electron chi connectivity index (χ0n) is 16.2. The molecule has 3 N–H and O–H groups in total. The van der Waals surface area contributed by atoms with Crippen LogP contribution in [0.2, 0.25) is 0 Å². The van der Waals surface area contributed by atoms with Crippen LogP contribution in [0, 0.1) is 12.7 Å². The minimum atomic E-state index is -3.84. The van der Waals surface area contributed by atoms with E-state index in [1.165, 1.54) is 19.2 Å². The number of aryl methyl sites for hydroxylation is 1. The van der Waals surface area contributed by atoms with Crippen LogP contribution in [-0.2, 0) is 14.8 Å². The van der Waals surface area contributed by atoms with E-state index in [0.29, 0.717) is 19.4 Å². The quantitative estimate of drug-likeness (QED) is 0.444. The monoisotopic (exact) mass is 486 g/mol. The molecule has 0 saturated heterocycles. The van der Waals surface area contributed by atoms with E-state index in [1.54, 1.807) is 0 Å². The normalized spacial score (nSPS) is 12.7. The third kappa shape index (κ3) is 6.08. The Hall–Kier alpha value is -1.81. The third-order valence-electron chi connectivity index (χ3n) is 4.59. The Morgan fingerprint density at radius 1 is 1.21 bits per heavy atom. The molecule has 0 amide bonds. The molecule has 1 unspecified atom stereocenters. The lowest BCUT2D eigenvalue weighted by Gasteiger charge is -2.24. The summed E-state index contributed by atoms with van der Waals surface area (Å²) in [7, 11) is -2.54. The van der Waals surface area contributed by atoms with Crippen molar-refractivity contribution < 1.29 is 22.7 Å². The Balaban J connectivity index is 2.50. The molecule has 2 aromatic rings. The van der Waals surface area contributed by atoms with Crippen LogP contribution in [0.4, 0.5) is 4.39 Å². The Kier molecular flexibility index (Phi) is 8.33. The van der Waals surface area contributed by atoms with E-state index >= 15 is 0 Å². The van der Waals surface area contributed by atoms with Gasteiger partial charge in [0.05, 0.1) is 15.4 Å². The minimum absolute atomic E-state index is 0.0282. The number of sulfonamides is 1. The molecule has 0 aliphatic carbocycles. The first kappa shape index (κ1) is 23.5. The van der Waals surface area contributed by atoms with Gasteiger partial charge in [-0.25, -0.2) is 17.5 Å². The second-order valence-electron chi connectivity index (χ2n) is 6.61.